The largest absolute Gasteiger partial charge is 0.462 e. The highest BCUT2D eigenvalue weighted by Gasteiger charge is 2.19. The first-order valence-corrected chi connectivity index (χ1v) is 31.7. The monoisotopic (exact) mass is 1040 g/mol. The van der Waals surface area contributed by atoms with E-state index in [1.165, 1.54) is 135 Å². The summed E-state index contributed by atoms with van der Waals surface area (Å²) in [6, 6.07) is 0. The lowest BCUT2D eigenvalue weighted by atomic mass is 10.0. The molecular formula is C69H118O6. The number of unbranched alkanes of at least 4 members (excludes halogenated alkanes) is 30. The van der Waals surface area contributed by atoms with E-state index >= 15 is 0 Å². The van der Waals surface area contributed by atoms with Crippen LogP contribution in [0.5, 0.6) is 0 Å². The molecule has 6 nitrogen and oxygen atoms in total. The summed E-state index contributed by atoms with van der Waals surface area (Å²) in [5, 5.41) is 0. The van der Waals surface area contributed by atoms with Gasteiger partial charge in [-0.1, -0.05) is 259 Å². The van der Waals surface area contributed by atoms with Crippen LogP contribution in [0, 0.1) is 0 Å². The van der Waals surface area contributed by atoms with Gasteiger partial charge in [0.2, 0.25) is 0 Å². The molecule has 0 aromatic carbocycles. The Morgan fingerprint density at radius 1 is 0.280 bits per heavy atom. The maximum absolute atomic E-state index is 12.9. The van der Waals surface area contributed by atoms with Crippen molar-refractivity contribution in [1.29, 1.82) is 0 Å². The molecule has 0 aliphatic heterocycles. The summed E-state index contributed by atoms with van der Waals surface area (Å²) in [4.78, 5) is 38.3. The fourth-order valence-electron chi connectivity index (χ4n) is 8.79. The minimum absolute atomic E-state index is 0.0921. The molecule has 0 aromatic rings. The lowest BCUT2D eigenvalue weighted by Gasteiger charge is -2.18. The third-order valence-electron chi connectivity index (χ3n) is 13.5. The quantitative estimate of drug-likeness (QED) is 0.0261. The van der Waals surface area contributed by atoms with Crippen molar-refractivity contribution in [2.45, 2.75) is 309 Å². The van der Waals surface area contributed by atoms with Gasteiger partial charge in [0.1, 0.15) is 13.2 Å². The molecule has 0 aliphatic carbocycles. The van der Waals surface area contributed by atoms with Crippen molar-refractivity contribution < 1.29 is 28.6 Å². The Morgan fingerprint density at radius 2 is 0.520 bits per heavy atom. The summed E-state index contributed by atoms with van der Waals surface area (Å²) < 4.78 is 16.9. The van der Waals surface area contributed by atoms with E-state index in [0.29, 0.717) is 19.3 Å². The molecular weight excluding hydrogens is 925 g/mol. The molecule has 6 heteroatoms. The Labute approximate surface area is 464 Å². The van der Waals surface area contributed by atoms with Crippen molar-refractivity contribution in [1.82, 2.24) is 0 Å². The van der Waals surface area contributed by atoms with Gasteiger partial charge in [0, 0.05) is 19.3 Å². The van der Waals surface area contributed by atoms with Gasteiger partial charge in [-0.25, -0.2) is 0 Å². The zero-order valence-corrected chi connectivity index (χ0v) is 49.3. The maximum Gasteiger partial charge on any atom is 0.306 e. The summed E-state index contributed by atoms with van der Waals surface area (Å²) >= 11 is 0. The van der Waals surface area contributed by atoms with Crippen molar-refractivity contribution in [3.8, 4) is 0 Å². The molecule has 75 heavy (non-hydrogen) atoms. The van der Waals surface area contributed by atoms with Crippen molar-refractivity contribution >= 4 is 17.9 Å². The molecule has 0 radical (unpaired) electrons. The lowest BCUT2D eigenvalue weighted by Crippen LogP contribution is -2.30. The molecule has 0 aromatic heterocycles. The van der Waals surface area contributed by atoms with Gasteiger partial charge in [0.25, 0.3) is 0 Å². The Hall–Kier alpha value is -3.67. The van der Waals surface area contributed by atoms with Crippen LogP contribution < -0.4 is 0 Å². The van der Waals surface area contributed by atoms with Crippen LogP contribution in [-0.4, -0.2) is 37.2 Å². The molecule has 1 unspecified atom stereocenters. The van der Waals surface area contributed by atoms with Crippen molar-refractivity contribution in [2.75, 3.05) is 13.2 Å². The zero-order valence-electron chi connectivity index (χ0n) is 49.3. The fourth-order valence-corrected chi connectivity index (χ4v) is 8.79. The first kappa shape index (κ1) is 71.3. The van der Waals surface area contributed by atoms with Crippen molar-refractivity contribution in [3.63, 3.8) is 0 Å². The van der Waals surface area contributed by atoms with E-state index in [-0.39, 0.29) is 31.1 Å². The van der Waals surface area contributed by atoms with E-state index in [0.717, 1.165) is 128 Å². The van der Waals surface area contributed by atoms with Gasteiger partial charge >= 0.3 is 17.9 Å². The highest BCUT2D eigenvalue weighted by molar-refractivity contribution is 5.71. The number of esters is 3. The van der Waals surface area contributed by atoms with Gasteiger partial charge in [-0.05, 0) is 122 Å². The Bertz CT molecular complexity index is 1480. The lowest BCUT2D eigenvalue weighted by molar-refractivity contribution is -0.167. The van der Waals surface area contributed by atoms with Crippen LogP contribution in [-0.2, 0) is 28.6 Å². The van der Waals surface area contributed by atoms with Crippen LogP contribution in [0.3, 0.4) is 0 Å². The zero-order chi connectivity index (χ0) is 54.3. The number of allylic oxidation sites excluding steroid dienone is 16. The molecule has 0 amide bonds. The molecule has 0 saturated heterocycles. The summed E-state index contributed by atoms with van der Waals surface area (Å²) in [7, 11) is 0. The molecule has 0 bridgehead atoms. The minimum Gasteiger partial charge on any atom is -0.462 e. The highest BCUT2D eigenvalue weighted by Crippen LogP contribution is 2.16. The van der Waals surface area contributed by atoms with Crippen LogP contribution in [0.2, 0.25) is 0 Å². The van der Waals surface area contributed by atoms with Crippen LogP contribution in [0.4, 0.5) is 0 Å². The molecule has 0 rings (SSSR count). The maximum atomic E-state index is 12.9. The molecule has 0 saturated carbocycles. The Morgan fingerprint density at radius 3 is 0.840 bits per heavy atom. The molecule has 0 heterocycles. The van der Waals surface area contributed by atoms with Crippen LogP contribution >= 0.6 is 0 Å². The Kier molecular flexibility index (Phi) is 59.8. The number of hydrogen-bond donors (Lipinski definition) is 0. The van der Waals surface area contributed by atoms with E-state index < -0.39 is 6.10 Å². The molecule has 0 aliphatic rings. The molecule has 1 atom stereocenters. The van der Waals surface area contributed by atoms with E-state index in [4.69, 9.17) is 14.2 Å². The summed E-state index contributed by atoms with van der Waals surface area (Å²) in [6.07, 6.45) is 84.1. The van der Waals surface area contributed by atoms with Crippen molar-refractivity contribution in [3.05, 3.63) is 97.2 Å². The van der Waals surface area contributed by atoms with E-state index in [2.05, 4.69) is 118 Å². The molecule has 430 valence electrons. The number of carbonyl (C=O) groups is 3. The van der Waals surface area contributed by atoms with Gasteiger partial charge in [0.15, 0.2) is 6.10 Å². The van der Waals surface area contributed by atoms with E-state index in [1.54, 1.807) is 0 Å². The first-order chi connectivity index (χ1) is 37.0. The van der Waals surface area contributed by atoms with Gasteiger partial charge in [0.05, 0.1) is 0 Å². The molecule has 0 N–H and O–H groups in total. The average molecular weight is 1040 g/mol. The predicted octanol–water partition coefficient (Wildman–Crippen LogP) is 21.7. The van der Waals surface area contributed by atoms with Crippen LogP contribution in [0.15, 0.2) is 97.2 Å². The van der Waals surface area contributed by atoms with Crippen molar-refractivity contribution in [2.24, 2.45) is 0 Å². The van der Waals surface area contributed by atoms with Gasteiger partial charge in [-0.3, -0.25) is 14.4 Å². The summed E-state index contributed by atoms with van der Waals surface area (Å²) in [5.41, 5.74) is 0. The van der Waals surface area contributed by atoms with Crippen LogP contribution in [0.25, 0.3) is 0 Å². The molecule has 0 spiro atoms. The summed E-state index contributed by atoms with van der Waals surface area (Å²) in [6.45, 7) is 6.48. The van der Waals surface area contributed by atoms with Gasteiger partial charge in [-0.15, -0.1) is 0 Å². The Balaban J connectivity index is 4.36. The number of rotatable bonds is 57. The first-order valence-electron chi connectivity index (χ1n) is 31.7. The second-order valence-corrected chi connectivity index (χ2v) is 20.9. The number of ether oxygens (including phenoxy) is 3. The second kappa shape index (κ2) is 62.9. The predicted molar refractivity (Wildman–Crippen MR) is 325 cm³/mol. The van der Waals surface area contributed by atoms with Crippen LogP contribution in [0.1, 0.15) is 303 Å². The minimum atomic E-state index is -0.798. The second-order valence-electron chi connectivity index (χ2n) is 20.9. The van der Waals surface area contributed by atoms with E-state index in [9.17, 15) is 14.4 Å². The van der Waals surface area contributed by atoms with Gasteiger partial charge < -0.3 is 14.2 Å². The average Bonchev–Trinajstić information content (AvgIpc) is 3.41. The van der Waals surface area contributed by atoms with Gasteiger partial charge in [-0.2, -0.15) is 0 Å². The normalized spacial score (nSPS) is 12.7. The third-order valence-corrected chi connectivity index (χ3v) is 13.5. The highest BCUT2D eigenvalue weighted by atomic mass is 16.6. The fraction of sp³-hybridized carbons (Fsp3) is 0.725. The topological polar surface area (TPSA) is 78.9 Å². The standard InChI is InChI=1S/C69H118O6/c1-4-7-10-13-16-19-22-25-28-30-31-32-33-34-35-36-37-39-41-44-47-50-53-56-59-62-68(71)74-65-66(64-73-67(70)61-58-55-52-49-46-43-40-27-24-21-18-15-12-9-6-3)75-69(72)63-60-57-54-51-48-45-42-38-29-26-23-20-17-14-11-8-5-2/h8,11,17-18,20-22,25-27,29-31,40,42,45,66H,4-7,9-10,12-16,19,23-24,28,32-39,41,43-44,46-65H2,1-3H3/b11-8-,20-17-,21-18-,25-22-,29-26-,31-30-,40-27-,45-42-. The summed E-state index contributed by atoms with van der Waals surface area (Å²) in [5.74, 6) is -0.923. The number of hydrogen-bond acceptors (Lipinski definition) is 6. The van der Waals surface area contributed by atoms with E-state index in [1.807, 2.05) is 0 Å². The third kappa shape index (κ3) is 61.1. The SMILES string of the molecule is CC/C=C\C/C=C\C/C=C\C/C=C\CCCCCCC(=O)OC(COC(=O)CCCCCCC/C=C\C/C=C\CCCCC)COC(=O)CCCCCCCCCCCCCCC/C=C\C/C=C\CCCCCCC. The molecule has 0 fully saturated rings. The number of carbonyl (C=O) groups excluding carboxylic acids is 3. The smallest absolute Gasteiger partial charge is 0.306 e.